The third-order valence-corrected chi connectivity index (χ3v) is 1.75. The molecule has 6 heteroatoms. The number of carbonyl (C=O) groups is 3. The summed E-state index contributed by atoms with van der Waals surface area (Å²) in [6.07, 6.45) is 2.80. The summed E-state index contributed by atoms with van der Waals surface area (Å²) in [5.74, 6) is -0.681. The third-order valence-electron chi connectivity index (χ3n) is 1.64. The van der Waals surface area contributed by atoms with E-state index in [0.717, 1.165) is 4.90 Å². The van der Waals surface area contributed by atoms with Gasteiger partial charge in [-0.3, -0.25) is 14.5 Å². The van der Waals surface area contributed by atoms with E-state index in [-0.39, 0.29) is 25.0 Å². The van der Waals surface area contributed by atoms with Crippen molar-refractivity contribution in [1.29, 1.82) is 0 Å². The Balaban J connectivity index is 2.22. The fourth-order valence-electron chi connectivity index (χ4n) is 1.03. The molecule has 76 valence electrons. The minimum Gasteiger partial charge on any atom is -0.454 e. The number of amides is 2. The van der Waals surface area contributed by atoms with Gasteiger partial charge < -0.3 is 4.74 Å². The number of hydrogen-bond acceptors (Lipinski definition) is 4. The van der Waals surface area contributed by atoms with Crippen LogP contribution in [0.2, 0.25) is 0 Å². The molecule has 0 fully saturated rings. The highest BCUT2D eigenvalue weighted by Gasteiger charge is 2.22. The molecule has 0 radical (unpaired) electrons. The van der Waals surface area contributed by atoms with Crippen LogP contribution in [-0.2, 0) is 14.3 Å². The predicted molar refractivity (Wildman–Crippen MR) is 47.7 cm³/mol. The van der Waals surface area contributed by atoms with Crippen LogP contribution < -0.4 is 0 Å². The second kappa shape index (κ2) is 4.76. The first-order valence-electron chi connectivity index (χ1n) is 3.97. The standard InChI is InChI=1S/C8H8ClNO4/c9-8(13)14-5-1-4-10-6(11)2-3-7(10)12/h2-3H,1,4-5H2. The number of imide groups is 1. The van der Waals surface area contributed by atoms with Gasteiger partial charge in [-0.05, 0) is 6.42 Å². The normalized spacial score (nSPS) is 15.1. The van der Waals surface area contributed by atoms with Crippen molar-refractivity contribution in [1.82, 2.24) is 4.90 Å². The number of ether oxygens (including phenoxy) is 1. The molecular weight excluding hydrogens is 210 g/mol. The predicted octanol–water partition coefficient (Wildman–Crippen LogP) is 0.677. The fraction of sp³-hybridized carbons (Fsp3) is 0.375. The molecule has 0 unspecified atom stereocenters. The van der Waals surface area contributed by atoms with Gasteiger partial charge in [0.2, 0.25) is 0 Å². The Morgan fingerprint density at radius 2 is 1.93 bits per heavy atom. The molecule has 1 aliphatic rings. The summed E-state index contributed by atoms with van der Waals surface area (Å²) in [5, 5.41) is 0. The first kappa shape index (κ1) is 10.7. The third kappa shape index (κ3) is 2.85. The molecule has 0 atom stereocenters. The highest BCUT2D eigenvalue weighted by atomic mass is 35.5. The van der Waals surface area contributed by atoms with E-state index in [1.807, 2.05) is 0 Å². The van der Waals surface area contributed by atoms with Gasteiger partial charge in [0.05, 0.1) is 6.61 Å². The summed E-state index contributed by atoms with van der Waals surface area (Å²) in [6.45, 7) is 0.328. The minimum atomic E-state index is -0.887. The zero-order valence-corrected chi connectivity index (χ0v) is 7.99. The highest BCUT2D eigenvalue weighted by Crippen LogP contribution is 2.04. The van der Waals surface area contributed by atoms with Crippen molar-refractivity contribution < 1.29 is 19.1 Å². The quantitative estimate of drug-likeness (QED) is 0.395. The zero-order chi connectivity index (χ0) is 10.6. The number of carbonyl (C=O) groups excluding carboxylic acids is 3. The summed E-state index contributed by atoms with van der Waals surface area (Å²) in [7, 11) is 0. The Morgan fingerprint density at radius 1 is 1.36 bits per heavy atom. The molecule has 0 aromatic rings. The lowest BCUT2D eigenvalue weighted by Crippen LogP contribution is -2.31. The van der Waals surface area contributed by atoms with Crippen molar-refractivity contribution in [3.63, 3.8) is 0 Å². The lowest BCUT2D eigenvalue weighted by molar-refractivity contribution is -0.136. The molecule has 0 aliphatic carbocycles. The van der Waals surface area contributed by atoms with Gasteiger partial charge in [0, 0.05) is 30.3 Å². The van der Waals surface area contributed by atoms with E-state index >= 15 is 0 Å². The van der Waals surface area contributed by atoms with Crippen LogP contribution in [0.3, 0.4) is 0 Å². The topological polar surface area (TPSA) is 63.7 Å². The average Bonchev–Trinajstić information content (AvgIpc) is 2.42. The molecule has 1 rings (SSSR count). The van der Waals surface area contributed by atoms with Crippen LogP contribution in [0.15, 0.2) is 12.2 Å². The zero-order valence-electron chi connectivity index (χ0n) is 7.23. The summed E-state index contributed by atoms with van der Waals surface area (Å²) >= 11 is 4.91. The molecule has 0 bridgehead atoms. The first-order chi connectivity index (χ1) is 6.61. The SMILES string of the molecule is O=C(Cl)OCCCN1C(=O)C=CC1=O. The summed E-state index contributed by atoms with van der Waals surface area (Å²) in [6, 6.07) is 0. The van der Waals surface area contributed by atoms with Crippen LogP contribution in [0, 0.1) is 0 Å². The van der Waals surface area contributed by atoms with Crippen molar-refractivity contribution in [2.24, 2.45) is 0 Å². The molecule has 0 saturated carbocycles. The summed E-state index contributed by atoms with van der Waals surface area (Å²) in [5.41, 5.74) is -0.887. The van der Waals surface area contributed by atoms with E-state index in [4.69, 9.17) is 11.6 Å². The van der Waals surface area contributed by atoms with Crippen LogP contribution in [0.4, 0.5) is 4.79 Å². The van der Waals surface area contributed by atoms with E-state index in [0.29, 0.717) is 6.42 Å². The maximum absolute atomic E-state index is 11.0. The number of halogens is 1. The Bertz CT molecular complexity index is 282. The van der Waals surface area contributed by atoms with E-state index in [9.17, 15) is 14.4 Å². The van der Waals surface area contributed by atoms with Crippen molar-refractivity contribution in [3.05, 3.63) is 12.2 Å². The van der Waals surface area contributed by atoms with E-state index in [1.165, 1.54) is 12.2 Å². The monoisotopic (exact) mass is 217 g/mol. The van der Waals surface area contributed by atoms with E-state index < -0.39 is 5.43 Å². The maximum atomic E-state index is 11.0. The second-order valence-electron chi connectivity index (χ2n) is 2.60. The first-order valence-corrected chi connectivity index (χ1v) is 4.35. The Morgan fingerprint density at radius 3 is 2.43 bits per heavy atom. The van der Waals surface area contributed by atoms with Gasteiger partial charge in [0.15, 0.2) is 0 Å². The average molecular weight is 218 g/mol. The van der Waals surface area contributed by atoms with Crippen molar-refractivity contribution in [3.8, 4) is 0 Å². The van der Waals surface area contributed by atoms with Crippen LogP contribution >= 0.6 is 11.6 Å². The van der Waals surface area contributed by atoms with Gasteiger partial charge in [-0.1, -0.05) is 0 Å². The van der Waals surface area contributed by atoms with Crippen LogP contribution in [0.5, 0.6) is 0 Å². The highest BCUT2D eigenvalue weighted by molar-refractivity contribution is 6.61. The van der Waals surface area contributed by atoms with Crippen LogP contribution in [0.25, 0.3) is 0 Å². The molecular formula is C8H8ClNO4. The minimum absolute atomic E-state index is 0.0966. The van der Waals surface area contributed by atoms with Crippen LogP contribution in [0.1, 0.15) is 6.42 Å². The molecule has 1 heterocycles. The largest absolute Gasteiger partial charge is 0.454 e. The van der Waals surface area contributed by atoms with E-state index in [1.54, 1.807) is 0 Å². The van der Waals surface area contributed by atoms with Gasteiger partial charge in [-0.2, -0.15) is 0 Å². The lowest BCUT2D eigenvalue weighted by atomic mass is 10.4. The Labute approximate surface area is 85.3 Å². The molecule has 2 amide bonds. The number of rotatable bonds is 4. The lowest BCUT2D eigenvalue weighted by Gasteiger charge is -2.12. The number of nitrogens with zero attached hydrogens (tertiary/aromatic N) is 1. The van der Waals surface area contributed by atoms with Crippen LogP contribution in [-0.4, -0.2) is 35.3 Å². The van der Waals surface area contributed by atoms with Gasteiger partial charge in [0.25, 0.3) is 11.8 Å². The second-order valence-corrected chi connectivity index (χ2v) is 2.91. The summed E-state index contributed by atoms with van der Waals surface area (Å²) < 4.78 is 4.43. The van der Waals surface area contributed by atoms with Gasteiger partial charge in [-0.15, -0.1) is 0 Å². The molecule has 0 aromatic heterocycles. The Kier molecular flexibility index (Phi) is 3.64. The summed E-state index contributed by atoms with van der Waals surface area (Å²) in [4.78, 5) is 33.2. The smallest absolute Gasteiger partial charge is 0.403 e. The molecule has 0 N–H and O–H groups in total. The molecule has 0 saturated heterocycles. The molecule has 1 aliphatic heterocycles. The van der Waals surface area contributed by atoms with Gasteiger partial charge >= 0.3 is 5.43 Å². The Hall–Kier alpha value is -1.36. The van der Waals surface area contributed by atoms with Crippen molar-refractivity contribution in [2.75, 3.05) is 13.2 Å². The van der Waals surface area contributed by atoms with Gasteiger partial charge in [0.1, 0.15) is 0 Å². The number of hydrogen-bond donors (Lipinski definition) is 0. The molecule has 0 spiro atoms. The molecule has 14 heavy (non-hydrogen) atoms. The molecule has 0 aromatic carbocycles. The van der Waals surface area contributed by atoms with Gasteiger partial charge in [-0.25, -0.2) is 4.79 Å². The van der Waals surface area contributed by atoms with Crippen molar-refractivity contribution >= 4 is 28.8 Å². The van der Waals surface area contributed by atoms with Crippen molar-refractivity contribution in [2.45, 2.75) is 6.42 Å². The fourth-order valence-corrected chi connectivity index (χ4v) is 1.10. The maximum Gasteiger partial charge on any atom is 0.403 e. The molecule has 5 nitrogen and oxygen atoms in total. The van der Waals surface area contributed by atoms with E-state index in [2.05, 4.69) is 4.74 Å².